The van der Waals surface area contributed by atoms with Gasteiger partial charge in [-0.05, 0) is 43.3 Å². The Morgan fingerprint density at radius 2 is 1.95 bits per heavy atom. The Bertz CT molecular complexity index is 718. The average molecular weight is 268 g/mol. The summed E-state index contributed by atoms with van der Waals surface area (Å²) in [4.78, 5) is 4.26. The van der Waals surface area contributed by atoms with Gasteiger partial charge in [-0.3, -0.25) is 0 Å². The zero-order valence-electron chi connectivity index (χ0n) is 11.3. The third-order valence-corrected chi connectivity index (χ3v) is 3.10. The van der Waals surface area contributed by atoms with Crippen LogP contribution in [-0.4, -0.2) is 21.2 Å². The Hall–Kier alpha value is -2.40. The minimum atomic E-state index is 0.418. The van der Waals surface area contributed by atoms with Crippen molar-refractivity contribution in [2.75, 3.05) is 6.61 Å². The third-order valence-electron chi connectivity index (χ3n) is 3.10. The Kier molecular flexibility index (Phi) is 3.35. The molecule has 3 rings (SSSR count). The molecule has 0 spiro atoms. The molecule has 0 saturated carbocycles. The lowest BCUT2D eigenvalue weighted by molar-refractivity contribution is 0.340. The molecular weight excluding hydrogens is 252 g/mol. The van der Waals surface area contributed by atoms with Gasteiger partial charge in [-0.25, -0.2) is 9.50 Å². The second-order valence-electron chi connectivity index (χ2n) is 4.40. The lowest BCUT2D eigenvalue weighted by Crippen LogP contribution is -2.04. The van der Waals surface area contributed by atoms with Gasteiger partial charge in [0.15, 0.2) is 5.65 Å². The topological polar surface area (TPSA) is 65.4 Å². The number of imidazole rings is 1. The number of rotatable bonds is 4. The number of hydrogen-bond donors (Lipinski definition) is 1. The molecule has 0 amide bonds. The van der Waals surface area contributed by atoms with E-state index in [0.717, 1.165) is 28.3 Å². The molecule has 0 unspecified atom stereocenters. The van der Waals surface area contributed by atoms with Crippen LogP contribution in [0.5, 0.6) is 5.75 Å². The van der Waals surface area contributed by atoms with E-state index in [-0.39, 0.29) is 0 Å². The number of aromatic nitrogens is 3. The molecule has 1 aromatic carbocycles. The third kappa shape index (κ3) is 2.23. The minimum absolute atomic E-state index is 0.418. The largest absolute Gasteiger partial charge is 0.494 e. The summed E-state index contributed by atoms with van der Waals surface area (Å²) in [5.74, 6) is 0.864. The van der Waals surface area contributed by atoms with Crippen LogP contribution in [0.1, 0.15) is 12.6 Å². The lowest BCUT2D eigenvalue weighted by atomic mass is 10.1. The maximum atomic E-state index is 5.68. The van der Waals surface area contributed by atoms with E-state index >= 15 is 0 Å². The molecule has 0 saturated heterocycles. The van der Waals surface area contributed by atoms with Gasteiger partial charge >= 0.3 is 0 Å². The van der Waals surface area contributed by atoms with E-state index < -0.39 is 0 Å². The Balaban J connectivity index is 2.00. The van der Waals surface area contributed by atoms with Crippen molar-refractivity contribution in [1.82, 2.24) is 14.6 Å². The highest BCUT2D eigenvalue weighted by molar-refractivity contribution is 5.61. The lowest BCUT2D eigenvalue weighted by Gasteiger charge is -2.05. The molecule has 5 nitrogen and oxygen atoms in total. The fraction of sp³-hybridized carbons (Fsp3) is 0.200. The molecule has 0 radical (unpaired) electrons. The normalized spacial score (nSPS) is 10.9. The molecule has 0 fully saturated rings. The van der Waals surface area contributed by atoms with Crippen LogP contribution in [0, 0.1) is 0 Å². The summed E-state index contributed by atoms with van der Waals surface area (Å²) in [6.07, 6.45) is 1.75. The van der Waals surface area contributed by atoms with Crippen LogP contribution in [0.3, 0.4) is 0 Å². The number of ether oxygens (including phenoxy) is 1. The van der Waals surface area contributed by atoms with Crippen LogP contribution in [0.4, 0.5) is 0 Å². The standard InChI is InChI=1S/C15H16N4O/c1-2-20-13-5-3-11(4-6-13)14-7-8-15-17-10-12(9-16)19(15)18-14/h3-8,10H,2,9,16H2,1H3. The van der Waals surface area contributed by atoms with E-state index in [1.165, 1.54) is 0 Å². The van der Waals surface area contributed by atoms with Crippen LogP contribution in [0.25, 0.3) is 16.9 Å². The smallest absolute Gasteiger partial charge is 0.153 e. The molecule has 0 aliphatic heterocycles. The second kappa shape index (κ2) is 5.30. The molecule has 5 heteroatoms. The van der Waals surface area contributed by atoms with Crippen molar-refractivity contribution in [3.8, 4) is 17.0 Å². The van der Waals surface area contributed by atoms with E-state index in [1.807, 2.05) is 43.3 Å². The molecule has 102 valence electrons. The average Bonchev–Trinajstić information content (AvgIpc) is 2.90. The first-order valence-electron chi connectivity index (χ1n) is 6.59. The zero-order chi connectivity index (χ0) is 13.9. The Morgan fingerprint density at radius 3 is 2.65 bits per heavy atom. The summed E-state index contributed by atoms with van der Waals surface area (Å²) < 4.78 is 7.22. The predicted octanol–water partition coefficient (Wildman–Crippen LogP) is 2.25. The molecule has 2 N–H and O–H groups in total. The number of fused-ring (bicyclic) bond motifs is 1. The fourth-order valence-corrected chi connectivity index (χ4v) is 2.10. The van der Waals surface area contributed by atoms with Gasteiger partial charge in [0.2, 0.25) is 0 Å². The molecule has 0 bridgehead atoms. The number of nitrogens with two attached hydrogens (primary N) is 1. The van der Waals surface area contributed by atoms with E-state index in [2.05, 4.69) is 10.1 Å². The van der Waals surface area contributed by atoms with Crippen LogP contribution in [-0.2, 0) is 6.54 Å². The second-order valence-corrected chi connectivity index (χ2v) is 4.40. The monoisotopic (exact) mass is 268 g/mol. The van der Waals surface area contributed by atoms with Gasteiger partial charge in [-0.2, -0.15) is 5.10 Å². The first-order valence-corrected chi connectivity index (χ1v) is 6.59. The summed E-state index contributed by atoms with van der Waals surface area (Å²) in [6, 6.07) is 11.8. The van der Waals surface area contributed by atoms with E-state index in [4.69, 9.17) is 10.5 Å². The van der Waals surface area contributed by atoms with Crippen LogP contribution < -0.4 is 10.5 Å². The molecule has 2 heterocycles. The van der Waals surface area contributed by atoms with Gasteiger partial charge in [0.1, 0.15) is 5.75 Å². The van der Waals surface area contributed by atoms with Gasteiger partial charge in [0.25, 0.3) is 0 Å². The van der Waals surface area contributed by atoms with Crippen molar-refractivity contribution in [2.45, 2.75) is 13.5 Å². The number of nitrogens with zero attached hydrogens (tertiary/aromatic N) is 3. The summed E-state index contributed by atoms with van der Waals surface area (Å²) in [5, 5.41) is 4.59. The van der Waals surface area contributed by atoms with Crippen LogP contribution >= 0.6 is 0 Å². The van der Waals surface area contributed by atoms with E-state index in [1.54, 1.807) is 10.7 Å². The van der Waals surface area contributed by atoms with E-state index in [9.17, 15) is 0 Å². The summed E-state index contributed by atoms with van der Waals surface area (Å²) in [6.45, 7) is 3.05. The van der Waals surface area contributed by atoms with Gasteiger partial charge in [0.05, 0.1) is 24.2 Å². The molecule has 2 aromatic heterocycles. The minimum Gasteiger partial charge on any atom is -0.494 e. The molecule has 0 aliphatic rings. The van der Waals surface area contributed by atoms with Crippen molar-refractivity contribution in [2.24, 2.45) is 5.73 Å². The maximum absolute atomic E-state index is 5.68. The highest BCUT2D eigenvalue weighted by Crippen LogP contribution is 2.21. The van der Waals surface area contributed by atoms with Crippen molar-refractivity contribution in [1.29, 1.82) is 0 Å². The van der Waals surface area contributed by atoms with Crippen molar-refractivity contribution in [3.63, 3.8) is 0 Å². The molecule has 0 aliphatic carbocycles. The van der Waals surface area contributed by atoms with Crippen LogP contribution in [0.15, 0.2) is 42.6 Å². The number of hydrogen-bond acceptors (Lipinski definition) is 4. The highest BCUT2D eigenvalue weighted by Gasteiger charge is 2.06. The number of benzene rings is 1. The Morgan fingerprint density at radius 1 is 1.15 bits per heavy atom. The summed E-state index contributed by atoms with van der Waals surface area (Å²) in [5.41, 5.74) is 9.30. The van der Waals surface area contributed by atoms with Crippen molar-refractivity contribution < 1.29 is 4.74 Å². The fourth-order valence-electron chi connectivity index (χ4n) is 2.10. The van der Waals surface area contributed by atoms with Gasteiger partial charge in [0, 0.05) is 12.1 Å². The molecule has 3 aromatic rings. The molecule has 20 heavy (non-hydrogen) atoms. The first kappa shape index (κ1) is 12.6. The summed E-state index contributed by atoms with van der Waals surface area (Å²) in [7, 11) is 0. The SMILES string of the molecule is CCOc1ccc(-c2ccc3ncc(CN)n3n2)cc1. The van der Waals surface area contributed by atoms with Gasteiger partial charge < -0.3 is 10.5 Å². The highest BCUT2D eigenvalue weighted by atomic mass is 16.5. The van der Waals surface area contributed by atoms with Crippen molar-refractivity contribution >= 4 is 5.65 Å². The van der Waals surface area contributed by atoms with Crippen LogP contribution in [0.2, 0.25) is 0 Å². The molecular formula is C15H16N4O. The predicted molar refractivity (Wildman–Crippen MR) is 77.5 cm³/mol. The van der Waals surface area contributed by atoms with Gasteiger partial charge in [-0.1, -0.05) is 0 Å². The molecule has 0 atom stereocenters. The summed E-state index contributed by atoms with van der Waals surface area (Å²) >= 11 is 0. The van der Waals surface area contributed by atoms with Crippen molar-refractivity contribution in [3.05, 3.63) is 48.3 Å². The van der Waals surface area contributed by atoms with E-state index in [0.29, 0.717) is 13.2 Å². The first-order chi connectivity index (χ1) is 9.81. The zero-order valence-corrected chi connectivity index (χ0v) is 11.3. The maximum Gasteiger partial charge on any atom is 0.153 e. The quantitative estimate of drug-likeness (QED) is 0.788. The van der Waals surface area contributed by atoms with Gasteiger partial charge in [-0.15, -0.1) is 0 Å². The Labute approximate surface area is 117 Å².